The summed E-state index contributed by atoms with van der Waals surface area (Å²) in [6.07, 6.45) is 0. The highest BCUT2D eigenvalue weighted by molar-refractivity contribution is 9.10. The maximum Gasteiger partial charge on any atom is 0.316 e. The van der Waals surface area contributed by atoms with Crippen LogP contribution in [0.3, 0.4) is 0 Å². The van der Waals surface area contributed by atoms with E-state index in [1.54, 1.807) is 24.3 Å². The van der Waals surface area contributed by atoms with E-state index in [9.17, 15) is 9.59 Å². The molecule has 0 aliphatic rings. The van der Waals surface area contributed by atoms with E-state index in [1.165, 1.54) is 13.8 Å². The Labute approximate surface area is 96.2 Å². The Bertz CT molecular complexity index is 410. The topological polar surface area (TPSA) is 54.4 Å². The van der Waals surface area contributed by atoms with E-state index in [0.717, 1.165) is 0 Å². The van der Waals surface area contributed by atoms with E-state index in [2.05, 4.69) is 15.9 Å². The second-order valence-electron chi connectivity index (χ2n) is 3.74. The molecule has 0 spiro atoms. The largest absolute Gasteiger partial charge is 0.481 e. The molecule has 0 fully saturated rings. The number of benzene rings is 1. The van der Waals surface area contributed by atoms with Crippen LogP contribution < -0.4 is 0 Å². The van der Waals surface area contributed by atoms with E-state index < -0.39 is 17.2 Å². The molecule has 0 heterocycles. The van der Waals surface area contributed by atoms with E-state index >= 15 is 0 Å². The van der Waals surface area contributed by atoms with E-state index in [4.69, 9.17) is 5.11 Å². The molecule has 0 aliphatic carbocycles. The molecule has 0 aliphatic heterocycles. The Kier molecular flexibility index (Phi) is 3.29. The SMILES string of the molecule is CC(C)(C(=O)O)C(=O)c1ccccc1Br. The van der Waals surface area contributed by atoms with Crippen LogP contribution in [0.2, 0.25) is 0 Å². The van der Waals surface area contributed by atoms with Crippen molar-refractivity contribution in [1.82, 2.24) is 0 Å². The molecule has 0 unspecified atom stereocenters. The van der Waals surface area contributed by atoms with Crippen LogP contribution >= 0.6 is 15.9 Å². The Morgan fingerprint density at radius 1 is 1.27 bits per heavy atom. The van der Waals surface area contributed by atoms with Crippen molar-refractivity contribution in [2.45, 2.75) is 13.8 Å². The lowest BCUT2D eigenvalue weighted by Crippen LogP contribution is -2.33. The molecule has 4 heteroatoms. The molecule has 3 nitrogen and oxygen atoms in total. The molecule has 0 amide bonds. The fourth-order valence-corrected chi connectivity index (χ4v) is 1.54. The number of carbonyl (C=O) groups is 2. The summed E-state index contributed by atoms with van der Waals surface area (Å²) in [6, 6.07) is 6.80. The first kappa shape index (κ1) is 11.9. The highest BCUT2D eigenvalue weighted by atomic mass is 79.9. The fourth-order valence-electron chi connectivity index (χ4n) is 1.08. The first-order valence-corrected chi connectivity index (χ1v) is 5.19. The molecule has 0 radical (unpaired) electrons. The highest BCUT2D eigenvalue weighted by Gasteiger charge is 2.37. The number of hydrogen-bond acceptors (Lipinski definition) is 2. The third kappa shape index (κ3) is 2.26. The van der Waals surface area contributed by atoms with Crippen molar-refractivity contribution in [2.75, 3.05) is 0 Å². The minimum atomic E-state index is -1.40. The molecular formula is C11H11BrO3. The summed E-state index contributed by atoms with van der Waals surface area (Å²) in [7, 11) is 0. The van der Waals surface area contributed by atoms with E-state index in [-0.39, 0.29) is 0 Å². The van der Waals surface area contributed by atoms with Crippen LogP contribution in [-0.4, -0.2) is 16.9 Å². The lowest BCUT2D eigenvalue weighted by Gasteiger charge is -2.18. The summed E-state index contributed by atoms with van der Waals surface area (Å²) in [5, 5.41) is 8.93. The number of carbonyl (C=O) groups excluding carboxylic acids is 1. The minimum Gasteiger partial charge on any atom is -0.481 e. The maximum atomic E-state index is 11.9. The Morgan fingerprint density at radius 2 is 1.80 bits per heavy atom. The van der Waals surface area contributed by atoms with Crippen molar-refractivity contribution in [2.24, 2.45) is 5.41 Å². The molecule has 0 aromatic heterocycles. The molecule has 0 saturated heterocycles. The van der Waals surface area contributed by atoms with Gasteiger partial charge in [0.25, 0.3) is 0 Å². The Balaban J connectivity index is 3.16. The standard InChI is InChI=1S/C11H11BrO3/c1-11(2,10(14)15)9(13)7-5-3-4-6-8(7)12/h3-6H,1-2H3,(H,14,15). The summed E-state index contributed by atoms with van der Waals surface area (Å²) in [5.74, 6) is -1.52. The van der Waals surface area contributed by atoms with Crippen molar-refractivity contribution in [3.63, 3.8) is 0 Å². The quantitative estimate of drug-likeness (QED) is 0.679. The van der Waals surface area contributed by atoms with Gasteiger partial charge >= 0.3 is 5.97 Å². The van der Waals surface area contributed by atoms with Crippen LogP contribution in [0.4, 0.5) is 0 Å². The molecule has 1 N–H and O–H groups in total. The van der Waals surface area contributed by atoms with Crippen molar-refractivity contribution < 1.29 is 14.7 Å². The molecule has 15 heavy (non-hydrogen) atoms. The second-order valence-corrected chi connectivity index (χ2v) is 4.59. The number of carboxylic acid groups (broad SMARTS) is 1. The summed E-state index contributed by atoms with van der Waals surface area (Å²) in [4.78, 5) is 22.8. The zero-order chi connectivity index (χ0) is 11.6. The zero-order valence-electron chi connectivity index (χ0n) is 8.45. The third-order valence-corrected chi connectivity index (χ3v) is 2.91. The van der Waals surface area contributed by atoms with Gasteiger partial charge in [-0.2, -0.15) is 0 Å². The van der Waals surface area contributed by atoms with Gasteiger partial charge in [-0.05, 0) is 19.9 Å². The van der Waals surface area contributed by atoms with Gasteiger partial charge in [-0.3, -0.25) is 9.59 Å². The van der Waals surface area contributed by atoms with Gasteiger partial charge in [0.05, 0.1) is 0 Å². The van der Waals surface area contributed by atoms with Gasteiger partial charge in [-0.1, -0.05) is 34.1 Å². The number of carboxylic acids is 1. The van der Waals surface area contributed by atoms with Crippen LogP contribution in [0.15, 0.2) is 28.7 Å². The smallest absolute Gasteiger partial charge is 0.316 e. The number of rotatable bonds is 3. The summed E-state index contributed by atoms with van der Waals surface area (Å²) in [5.41, 5.74) is -1.01. The molecular weight excluding hydrogens is 260 g/mol. The summed E-state index contributed by atoms with van der Waals surface area (Å²) >= 11 is 3.22. The molecule has 0 atom stereocenters. The Hall–Kier alpha value is -1.16. The lowest BCUT2D eigenvalue weighted by atomic mass is 9.84. The number of halogens is 1. The fraction of sp³-hybridized carbons (Fsp3) is 0.273. The predicted molar refractivity (Wildman–Crippen MR) is 59.9 cm³/mol. The second kappa shape index (κ2) is 4.14. The van der Waals surface area contributed by atoms with E-state index in [0.29, 0.717) is 10.0 Å². The van der Waals surface area contributed by atoms with Crippen molar-refractivity contribution in [3.05, 3.63) is 34.3 Å². The minimum absolute atomic E-state index is 0.393. The summed E-state index contributed by atoms with van der Waals surface area (Å²) < 4.78 is 0.615. The van der Waals surface area contributed by atoms with Crippen molar-refractivity contribution >= 4 is 27.7 Å². The van der Waals surface area contributed by atoms with Crippen LogP contribution in [-0.2, 0) is 4.79 Å². The number of Topliss-reactive ketones (excluding diaryl/α,β-unsaturated/α-hetero) is 1. The van der Waals surface area contributed by atoms with Crippen molar-refractivity contribution in [1.29, 1.82) is 0 Å². The van der Waals surface area contributed by atoms with Crippen LogP contribution in [0.1, 0.15) is 24.2 Å². The average molecular weight is 271 g/mol. The number of ketones is 1. The molecule has 1 aromatic carbocycles. The van der Waals surface area contributed by atoms with Gasteiger partial charge in [0.2, 0.25) is 0 Å². The van der Waals surface area contributed by atoms with Gasteiger partial charge in [0.1, 0.15) is 5.41 Å². The number of hydrogen-bond donors (Lipinski definition) is 1. The van der Waals surface area contributed by atoms with Gasteiger partial charge in [0, 0.05) is 10.0 Å². The normalized spacial score (nSPS) is 11.1. The van der Waals surface area contributed by atoms with Gasteiger partial charge in [0.15, 0.2) is 5.78 Å². The molecule has 1 rings (SSSR count). The van der Waals surface area contributed by atoms with Gasteiger partial charge in [-0.15, -0.1) is 0 Å². The predicted octanol–water partition coefficient (Wildman–Crippen LogP) is 2.74. The molecule has 0 saturated carbocycles. The zero-order valence-corrected chi connectivity index (χ0v) is 10.0. The van der Waals surface area contributed by atoms with Crippen molar-refractivity contribution in [3.8, 4) is 0 Å². The first-order chi connectivity index (χ1) is 6.87. The first-order valence-electron chi connectivity index (χ1n) is 4.40. The molecule has 80 valence electrons. The van der Waals surface area contributed by atoms with E-state index in [1.807, 2.05) is 0 Å². The average Bonchev–Trinajstić information content (AvgIpc) is 2.17. The maximum absolute atomic E-state index is 11.9. The third-order valence-electron chi connectivity index (χ3n) is 2.22. The Morgan fingerprint density at radius 3 is 2.27 bits per heavy atom. The van der Waals surface area contributed by atoms with Gasteiger partial charge in [-0.25, -0.2) is 0 Å². The monoisotopic (exact) mass is 270 g/mol. The highest BCUT2D eigenvalue weighted by Crippen LogP contribution is 2.26. The molecule has 1 aromatic rings. The van der Waals surface area contributed by atoms with Crippen LogP contribution in [0.25, 0.3) is 0 Å². The molecule has 0 bridgehead atoms. The van der Waals surface area contributed by atoms with Gasteiger partial charge < -0.3 is 5.11 Å². The van der Waals surface area contributed by atoms with Crippen LogP contribution in [0, 0.1) is 5.41 Å². The lowest BCUT2D eigenvalue weighted by molar-refractivity contribution is -0.144. The van der Waals surface area contributed by atoms with Crippen LogP contribution in [0.5, 0.6) is 0 Å². The summed E-state index contributed by atoms with van der Waals surface area (Å²) in [6.45, 7) is 2.80. The number of aliphatic carboxylic acids is 1.